The number of anilines is 2. The summed E-state index contributed by atoms with van der Waals surface area (Å²) in [6.07, 6.45) is -2.82. The zero-order valence-electron chi connectivity index (χ0n) is 12.2. The number of fused-ring (bicyclic) bond motifs is 1. The molecule has 0 bridgehead atoms. The Morgan fingerprint density at radius 2 is 2.17 bits per heavy atom. The predicted octanol–water partition coefficient (Wildman–Crippen LogP) is -1.70. The number of aromatic nitrogens is 4. The van der Waals surface area contributed by atoms with Gasteiger partial charge in [-0.05, 0) is 6.42 Å². The third kappa shape index (κ3) is 1.97. The lowest BCUT2D eigenvalue weighted by Gasteiger charge is -2.29. The van der Waals surface area contributed by atoms with Gasteiger partial charge in [0.1, 0.15) is 17.4 Å². The maximum absolute atomic E-state index is 14.6. The summed E-state index contributed by atoms with van der Waals surface area (Å²) in [5.41, 5.74) is 9.34. The summed E-state index contributed by atoms with van der Waals surface area (Å²) in [6.45, 7) is 0.911. The van der Waals surface area contributed by atoms with Gasteiger partial charge in [0.25, 0.3) is 0 Å². The molecule has 0 spiro atoms. The monoisotopic (exact) mass is 328 g/mol. The van der Waals surface area contributed by atoms with E-state index >= 15 is 0 Å². The molecular weight excluding hydrogens is 311 g/mol. The van der Waals surface area contributed by atoms with E-state index in [4.69, 9.17) is 16.2 Å². The molecule has 0 unspecified atom stereocenters. The van der Waals surface area contributed by atoms with Crippen molar-refractivity contribution >= 4 is 17.4 Å². The summed E-state index contributed by atoms with van der Waals surface area (Å²) >= 11 is 0. The van der Waals surface area contributed by atoms with Crippen LogP contribution in [-0.4, -0.2) is 59.4 Å². The van der Waals surface area contributed by atoms with E-state index in [0.717, 1.165) is 10.7 Å². The summed E-state index contributed by atoms with van der Waals surface area (Å²) in [5.74, 6) is -2.86. The van der Waals surface area contributed by atoms with Gasteiger partial charge in [-0.3, -0.25) is 0 Å². The van der Waals surface area contributed by atoms with Crippen LogP contribution >= 0.6 is 0 Å². The highest BCUT2D eigenvalue weighted by Gasteiger charge is 2.64. The summed E-state index contributed by atoms with van der Waals surface area (Å²) in [5, 5.41) is 34.1. The highest BCUT2D eigenvalue weighted by Crippen LogP contribution is 2.46. The first-order valence-corrected chi connectivity index (χ1v) is 6.92. The topological polar surface area (TPSA) is 165 Å². The van der Waals surface area contributed by atoms with Gasteiger partial charge >= 0.3 is 0 Å². The second-order valence-corrected chi connectivity index (χ2v) is 5.46. The summed E-state index contributed by atoms with van der Waals surface area (Å²) in [6, 6.07) is 0. The number of ether oxygens (including phenoxy) is 1. The largest absolute Gasteiger partial charge is 0.393 e. The van der Waals surface area contributed by atoms with Gasteiger partial charge in [0.15, 0.2) is 17.6 Å². The number of nitrogen functional groups attached to an aromatic ring is 2. The van der Waals surface area contributed by atoms with Crippen LogP contribution in [0.3, 0.4) is 0 Å². The van der Waals surface area contributed by atoms with Crippen molar-refractivity contribution in [3.05, 3.63) is 11.9 Å². The Hall–Kier alpha value is -2.08. The third-order valence-corrected chi connectivity index (χ3v) is 4.19. The van der Waals surface area contributed by atoms with Crippen LogP contribution in [0.1, 0.15) is 19.0 Å². The number of hydrogen-bond donors (Lipinski definition) is 5. The fraction of sp³-hybridized carbons (Fsp3) is 0.583. The number of nitrogens with zero attached hydrogens (tertiary/aromatic N) is 4. The highest BCUT2D eigenvalue weighted by molar-refractivity contribution is 5.61. The smallest absolute Gasteiger partial charge is 0.247 e. The average Bonchev–Trinajstić information content (AvgIpc) is 3.02. The van der Waals surface area contributed by atoms with Crippen LogP contribution in [-0.2, 0) is 10.5 Å². The van der Waals surface area contributed by atoms with Gasteiger partial charge in [-0.2, -0.15) is 4.98 Å². The van der Waals surface area contributed by atoms with Crippen molar-refractivity contribution in [2.24, 2.45) is 0 Å². The van der Waals surface area contributed by atoms with Crippen molar-refractivity contribution in [2.45, 2.75) is 37.0 Å². The van der Waals surface area contributed by atoms with Gasteiger partial charge in [-0.25, -0.2) is 13.9 Å². The Bertz CT molecular complexity index is 750. The van der Waals surface area contributed by atoms with Gasteiger partial charge in [0.2, 0.25) is 11.7 Å². The van der Waals surface area contributed by atoms with Crippen LogP contribution in [0.4, 0.5) is 16.2 Å². The first kappa shape index (κ1) is 15.8. The molecule has 4 atom stereocenters. The lowest BCUT2D eigenvalue weighted by Crippen LogP contribution is -2.44. The maximum Gasteiger partial charge on any atom is 0.247 e. The molecule has 7 N–H and O–H groups in total. The minimum Gasteiger partial charge on any atom is -0.393 e. The molecule has 1 aliphatic rings. The van der Waals surface area contributed by atoms with Crippen molar-refractivity contribution in [3.63, 3.8) is 0 Å². The predicted molar refractivity (Wildman–Crippen MR) is 75.6 cm³/mol. The Morgan fingerprint density at radius 3 is 2.74 bits per heavy atom. The highest BCUT2D eigenvalue weighted by atomic mass is 19.1. The number of imidazole rings is 1. The lowest BCUT2D eigenvalue weighted by molar-refractivity contribution is -0.259. The molecule has 3 rings (SSSR count). The molecule has 3 heterocycles. The molecule has 2 aromatic rings. The summed E-state index contributed by atoms with van der Waals surface area (Å²) in [4.78, 5) is 7.63. The fourth-order valence-corrected chi connectivity index (χ4v) is 2.78. The van der Waals surface area contributed by atoms with E-state index in [1.54, 1.807) is 6.92 Å². The third-order valence-electron chi connectivity index (χ3n) is 4.19. The summed E-state index contributed by atoms with van der Waals surface area (Å²) < 4.78 is 21.0. The van der Waals surface area contributed by atoms with Crippen molar-refractivity contribution in [2.75, 3.05) is 18.1 Å². The first-order valence-electron chi connectivity index (χ1n) is 6.92. The van der Waals surface area contributed by atoms with Crippen LogP contribution in [0.15, 0.2) is 6.20 Å². The molecule has 0 radical (unpaired) electrons. The molecule has 0 aliphatic carbocycles. The van der Waals surface area contributed by atoms with Gasteiger partial charge < -0.3 is 31.5 Å². The van der Waals surface area contributed by atoms with Gasteiger partial charge in [0.05, 0.1) is 12.8 Å². The molecule has 1 fully saturated rings. The van der Waals surface area contributed by atoms with E-state index in [-0.39, 0.29) is 29.5 Å². The maximum atomic E-state index is 14.6. The van der Waals surface area contributed by atoms with Crippen LogP contribution in [0.2, 0.25) is 0 Å². The number of aliphatic hydroxyl groups excluding tert-OH is 2. The number of rotatable bonds is 3. The molecular formula is C12H17FN6O4. The molecule has 0 aromatic carbocycles. The molecule has 0 saturated carbocycles. The van der Waals surface area contributed by atoms with Crippen molar-refractivity contribution in [1.29, 1.82) is 0 Å². The molecule has 126 valence electrons. The van der Waals surface area contributed by atoms with Gasteiger partial charge in [0, 0.05) is 0 Å². The van der Waals surface area contributed by atoms with E-state index < -0.39 is 30.3 Å². The minimum absolute atomic E-state index is 0.0471. The van der Waals surface area contributed by atoms with Crippen molar-refractivity contribution in [3.8, 4) is 0 Å². The lowest BCUT2D eigenvalue weighted by atomic mass is 9.92. The van der Waals surface area contributed by atoms with Gasteiger partial charge in [-0.15, -0.1) is 5.10 Å². The second-order valence-electron chi connectivity index (χ2n) is 5.46. The first-order chi connectivity index (χ1) is 10.8. The van der Waals surface area contributed by atoms with E-state index in [1.165, 1.54) is 0 Å². The fourth-order valence-electron chi connectivity index (χ4n) is 2.78. The minimum atomic E-state index is -2.58. The molecule has 1 aliphatic heterocycles. The Morgan fingerprint density at radius 1 is 1.48 bits per heavy atom. The SMILES string of the molecule is CC[C@]1(CO)O[C@@](O)(c2cnc3c(N)nc(N)nn23)[C@H](F)[C@@H]1O. The molecule has 23 heavy (non-hydrogen) atoms. The number of halogens is 1. The number of hydrogen-bond acceptors (Lipinski definition) is 9. The Labute approximate surface area is 129 Å². The molecule has 0 amide bonds. The van der Waals surface area contributed by atoms with Crippen molar-refractivity contribution in [1.82, 2.24) is 19.6 Å². The number of nitrogens with two attached hydrogens (primary N) is 2. The van der Waals surface area contributed by atoms with Crippen molar-refractivity contribution < 1.29 is 24.4 Å². The molecule has 2 aromatic heterocycles. The number of alkyl halides is 1. The molecule has 10 nitrogen and oxygen atoms in total. The summed E-state index contributed by atoms with van der Waals surface area (Å²) in [7, 11) is 0. The second kappa shape index (κ2) is 4.96. The number of aliphatic hydroxyl groups is 3. The quantitative estimate of drug-likeness (QED) is 0.441. The van der Waals surface area contributed by atoms with Gasteiger partial charge in [-0.1, -0.05) is 6.92 Å². The van der Waals surface area contributed by atoms with E-state index in [1.807, 2.05) is 0 Å². The zero-order chi connectivity index (χ0) is 17.0. The molecule has 11 heteroatoms. The Balaban J connectivity index is 2.18. The van der Waals surface area contributed by atoms with E-state index in [2.05, 4.69) is 15.1 Å². The Kier molecular flexibility index (Phi) is 3.41. The standard InChI is InChI=1S/C12H17FN6O4/c1-2-11(4-20)7(21)6(13)12(22,23-11)5-3-16-9-8(14)17-10(15)18-19(5)9/h3,6-7,20-22H,2,4H2,1H3,(H4,14,15,17,18)/t6-,7+,11-,12+/m1/s1. The van der Waals surface area contributed by atoms with Crippen LogP contribution in [0.5, 0.6) is 0 Å². The zero-order valence-corrected chi connectivity index (χ0v) is 12.2. The van der Waals surface area contributed by atoms with Crippen LogP contribution < -0.4 is 11.5 Å². The average molecular weight is 328 g/mol. The van der Waals surface area contributed by atoms with E-state index in [0.29, 0.717) is 0 Å². The van der Waals surface area contributed by atoms with E-state index in [9.17, 15) is 19.7 Å². The van der Waals surface area contributed by atoms with Crippen LogP contribution in [0, 0.1) is 0 Å². The normalized spacial score (nSPS) is 34.3. The van der Waals surface area contributed by atoms with Crippen LogP contribution in [0.25, 0.3) is 5.65 Å². The molecule has 1 saturated heterocycles.